The topological polar surface area (TPSA) is 57.3 Å². The number of urea groups is 1. The molecule has 1 aliphatic rings. The average molecular weight is 276 g/mol. The molecule has 2 heterocycles. The molecule has 5 nitrogen and oxygen atoms in total. The van der Waals surface area contributed by atoms with Gasteiger partial charge in [-0.15, -0.1) is 0 Å². The Balaban J connectivity index is 1.71. The number of nitrogens with one attached hydrogen (secondary N) is 2. The first-order valence-electron chi connectivity index (χ1n) is 7.34. The normalized spacial score (nSPS) is 16.2. The van der Waals surface area contributed by atoms with E-state index < -0.39 is 0 Å². The van der Waals surface area contributed by atoms with E-state index in [1.54, 1.807) is 6.20 Å². The molecule has 1 aromatic rings. The van der Waals surface area contributed by atoms with Crippen LogP contribution in [-0.4, -0.2) is 36.7 Å². The summed E-state index contributed by atoms with van der Waals surface area (Å²) < 4.78 is 0. The lowest BCUT2D eigenvalue weighted by Crippen LogP contribution is -2.43. The number of anilines is 1. The lowest BCUT2D eigenvalue weighted by molar-refractivity contribution is 0.235. The second-order valence-electron chi connectivity index (χ2n) is 5.65. The number of hydrogen-bond donors (Lipinski definition) is 2. The lowest BCUT2D eigenvalue weighted by Gasteiger charge is -2.33. The van der Waals surface area contributed by atoms with Crippen LogP contribution in [0.2, 0.25) is 0 Å². The molecule has 20 heavy (non-hydrogen) atoms. The summed E-state index contributed by atoms with van der Waals surface area (Å²) in [5, 5.41) is 5.81. The van der Waals surface area contributed by atoms with E-state index in [0.717, 1.165) is 32.5 Å². The van der Waals surface area contributed by atoms with Crippen molar-refractivity contribution in [2.24, 2.45) is 5.92 Å². The number of carbonyl (C=O) groups excluding carboxylic acids is 1. The van der Waals surface area contributed by atoms with Gasteiger partial charge in [0, 0.05) is 31.9 Å². The van der Waals surface area contributed by atoms with Crippen molar-refractivity contribution < 1.29 is 4.79 Å². The molecule has 0 spiro atoms. The first-order chi connectivity index (χ1) is 9.65. The fourth-order valence-corrected chi connectivity index (χ4v) is 2.49. The van der Waals surface area contributed by atoms with E-state index in [2.05, 4.69) is 26.6 Å². The average Bonchev–Trinajstić information content (AvgIpc) is 2.46. The minimum absolute atomic E-state index is 0.0605. The Labute approximate surface area is 120 Å². The highest BCUT2D eigenvalue weighted by Crippen LogP contribution is 2.21. The Bertz CT molecular complexity index is 413. The van der Waals surface area contributed by atoms with Gasteiger partial charge in [0.05, 0.1) is 11.9 Å². The Morgan fingerprint density at radius 3 is 2.80 bits per heavy atom. The van der Waals surface area contributed by atoms with Crippen LogP contribution in [0.5, 0.6) is 0 Å². The molecule has 1 aliphatic heterocycles. The summed E-state index contributed by atoms with van der Waals surface area (Å²) in [5.41, 5.74) is 1.19. The Hall–Kier alpha value is -1.78. The second-order valence-corrected chi connectivity index (χ2v) is 5.65. The minimum atomic E-state index is -0.0605. The molecule has 0 saturated carbocycles. The van der Waals surface area contributed by atoms with E-state index in [9.17, 15) is 4.79 Å². The van der Waals surface area contributed by atoms with Gasteiger partial charge in [0.1, 0.15) is 0 Å². The maximum atomic E-state index is 11.5. The fraction of sp³-hybridized carbons (Fsp3) is 0.600. The highest BCUT2D eigenvalue weighted by molar-refractivity contribution is 5.74. The third kappa shape index (κ3) is 4.40. The summed E-state index contributed by atoms with van der Waals surface area (Å²) in [6, 6.07) is 4.19. The number of carbonyl (C=O) groups is 1. The molecule has 2 rings (SSSR count). The van der Waals surface area contributed by atoms with Gasteiger partial charge in [-0.25, -0.2) is 4.79 Å². The van der Waals surface area contributed by atoms with Crippen LogP contribution in [0.4, 0.5) is 10.5 Å². The van der Waals surface area contributed by atoms with Crippen LogP contribution in [0.25, 0.3) is 0 Å². The molecule has 0 radical (unpaired) electrons. The molecule has 0 unspecified atom stereocenters. The zero-order valence-electron chi connectivity index (χ0n) is 12.3. The third-order valence-corrected chi connectivity index (χ3v) is 3.60. The number of amides is 2. The zero-order chi connectivity index (χ0) is 14.4. The summed E-state index contributed by atoms with van der Waals surface area (Å²) in [4.78, 5) is 18.1. The van der Waals surface area contributed by atoms with Crippen LogP contribution in [0.3, 0.4) is 0 Å². The number of piperidine rings is 1. The third-order valence-electron chi connectivity index (χ3n) is 3.60. The molecule has 2 amide bonds. The monoisotopic (exact) mass is 276 g/mol. The predicted molar refractivity (Wildman–Crippen MR) is 80.8 cm³/mol. The van der Waals surface area contributed by atoms with Gasteiger partial charge in [-0.2, -0.15) is 0 Å². The van der Waals surface area contributed by atoms with Gasteiger partial charge in [-0.3, -0.25) is 4.98 Å². The van der Waals surface area contributed by atoms with Gasteiger partial charge in [-0.05, 0) is 44.7 Å². The number of hydrogen-bond acceptors (Lipinski definition) is 3. The van der Waals surface area contributed by atoms with E-state index >= 15 is 0 Å². The quantitative estimate of drug-likeness (QED) is 0.884. The SMILES string of the molecule is CC(C)NC(=O)NCC1CCN(c2cccnc2)CC1. The molecular formula is C15H24N4O. The van der Waals surface area contributed by atoms with E-state index in [1.165, 1.54) is 5.69 Å². The van der Waals surface area contributed by atoms with Gasteiger partial charge in [-0.1, -0.05) is 0 Å². The highest BCUT2D eigenvalue weighted by atomic mass is 16.2. The first-order valence-corrected chi connectivity index (χ1v) is 7.34. The molecule has 0 atom stereocenters. The van der Waals surface area contributed by atoms with Gasteiger partial charge >= 0.3 is 6.03 Å². The van der Waals surface area contributed by atoms with Gasteiger partial charge < -0.3 is 15.5 Å². The molecule has 0 bridgehead atoms. The molecule has 1 aromatic heterocycles. The summed E-state index contributed by atoms with van der Waals surface area (Å²) in [7, 11) is 0. The van der Waals surface area contributed by atoms with Crippen molar-refractivity contribution in [3.8, 4) is 0 Å². The van der Waals surface area contributed by atoms with Crippen molar-refractivity contribution in [1.82, 2.24) is 15.6 Å². The standard InChI is InChI=1S/C15H24N4O/c1-12(2)18-15(20)17-10-13-5-8-19(9-6-13)14-4-3-7-16-11-14/h3-4,7,11-13H,5-6,8-10H2,1-2H3,(H2,17,18,20). The van der Waals surface area contributed by atoms with E-state index in [0.29, 0.717) is 5.92 Å². The van der Waals surface area contributed by atoms with Crippen molar-refractivity contribution in [1.29, 1.82) is 0 Å². The van der Waals surface area contributed by atoms with Crippen molar-refractivity contribution in [3.63, 3.8) is 0 Å². The summed E-state index contributed by atoms with van der Waals surface area (Å²) in [6.45, 7) is 6.75. The largest absolute Gasteiger partial charge is 0.370 e. The predicted octanol–water partition coefficient (Wildman–Crippen LogP) is 2.01. The molecule has 1 fully saturated rings. The van der Waals surface area contributed by atoms with E-state index in [4.69, 9.17) is 0 Å². The van der Waals surface area contributed by atoms with Crippen molar-refractivity contribution in [3.05, 3.63) is 24.5 Å². The second kappa shape index (κ2) is 7.12. The van der Waals surface area contributed by atoms with Crippen LogP contribution in [0.1, 0.15) is 26.7 Å². The van der Waals surface area contributed by atoms with E-state index in [-0.39, 0.29) is 12.1 Å². The molecule has 110 valence electrons. The molecule has 5 heteroatoms. The van der Waals surface area contributed by atoms with E-state index in [1.807, 2.05) is 26.1 Å². The Kier molecular flexibility index (Phi) is 5.21. The zero-order valence-corrected chi connectivity index (χ0v) is 12.3. The Morgan fingerprint density at radius 1 is 1.45 bits per heavy atom. The summed E-state index contributed by atoms with van der Waals surface area (Å²) in [5.74, 6) is 0.570. The minimum Gasteiger partial charge on any atom is -0.370 e. The molecule has 0 aromatic carbocycles. The van der Waals surface area contributed by atoms with Crippen LogP contribution >= 0.6 is 0 Å². The highest BCUT2D eigenvalue weighted by Gasteiger charge is 2.19. The van der Waals surface area contributed by atoms with Crippen molar-refractivity contribution >= 4 is 11.7 Å². The number of aromatic nitrogens is 1. The number of pyridine rings is 1. The number of nitrogens with zero attached hydrogens (tertiary/aromatic N) is 2. The van der Waals surface area contributed by atoms with Crippen LogP contribution in [-0.2, 0) is 0 Å². The van der Waals surface area contributed by atoms with Crippen LogP contribution in [0, 0.1) is 5.92 Å². The van der Waals surface area contributed by atoms with Crippen LogP contribution < -0.4 is 15.5 Å². The molecule has 2 N–H and O–H groups in total. The summed E-state index contributed by atoms with van der Waals surface area (Å²) >= 11 is 0. The fourth-order valence-electron chi connectivity index (χ4n) is 2.49. The lowest BCUT2D eigenvalue weighted by atomic mass is 9.96. The van der Waals surface area contributed by atoms with Crippen molar-refractivity contribution in [2.75, 3.05) is 24.5 Å². The van der Waals surface area contributed by atoms with Gasteiger partial charge in [0.2, 0.25) is 0 Å². The first kappa shape index (κ1) is 14.6. The van der Waals surface area contributed by atoms with Crippen LogP contribution in [0.15, 0.2) is 24.5 Å². The smallest absolute Gasteiger partial charge is 0.314 e. The summed E-state index contributed by atoms with van der Waals surface area (Å²) in [6.07, 6.45) is 5.93. The van der Waals surface area contributed by atoms with Gasteiger partial charge in [0.25, 0.3) is 0 Å². The van der Waals surface area contributed by atoms with Crippen molar-refractivity contribution in [2.45, 2.75) is 32.7 Å². The maximum absolute atomic E-state index is 11.5. The molecular weight excluding hydrogens is 252 g/mol. The Morgan fingerprint density at radius 2 is 2.20 bits per heavy atom. The number of rotatable bonds is 4. The molecule has 0 aliphatic carbocycles. The van der Waals surface area contributed by atoms with Gasteiger partial charge in [0.15, 0.2) is 0 Å². The maximum Gasteiger partial charge on any atom is 0.314 e. The molecule has 1 saturated heterocycles.